The van der Waals surface area contributed by atoms with E-state index in [1.807, 2.05) is 0 Å². The number of ether oxygens (including phenoxy) is 2. The Hall–Kier alpha value is -2.67. The third-order valence-electron chi connectivity index (χ3n) is 5.92. The first-order valence-electron chi connectivity index (χ1n) is 13.2. The number of aliphatic hydroxyl groups is 1. The number of aliphatic carboxylic acids is 1. The number of unbranched alkanes of at least 4 members (excludes halogenated alkanes) is 9. The molecule has 0 radical (unpaired) electrons. The summed E-state index contributed by atoms with van der Waals surface area (Å²) in [5.74, 6) is -1.76. The summed E-state index contributed by atoms with van der Waals surface area (Å²) in [7, 11) is 0. The minimum atomic E-state index is -1.46. The largest absolute Gasteiger partial charge is 0.487 e. The van der Waals surface area contributed by atoms with Crippen LogP contribution in [0.1, 0.15) is 109 Å². The SMILES string of the molecule is CCCCCCCCCCCCC(COC(=O)/C(C)=C/C(=O)O)Oc1ccc(C(=O)C(C)(C)O)cc1. The summed E-state index contributed by atoms with van der Waals surface area (Å²) in [6, 6.07) is 6.50. The van der Waals surface area contributed by atoms with Crippen molar-refractivity contribution in [1.29, 1.82) is 0 Å². The predicted molar refractivity (Wildman–Crippen MR) is 140 cm³/mol. The summed E-state index contributed by atoms with van der Waals surface area (Å²) < 4.78 is 11.3. The average molecular weight is 505 g/mol. The van der Waals surface area contributed by atoms with E-state index in [2.05, 4.69) is 6.92 Å². The van der Waals surface area contributed by atoms with E-state index in [1.54, 1.807) is 24.3 Å². The molecular formula is C29H44O7. The number of carboxylic acids is 1. The minimum Gasteiger partial charge on any atom is -0.487 e. The number of carboxylic acid groups (broad SMARTS) is 1. The van der Waals surface area contributed by atoms with E-state index in [4.69, 9.17) is 14.6 Å². The summed E-state index contributed by atoms with van der Waals surface area (Å²) in [5, 5.41) is 18.8. The van der Waals surface area contributed by atoms with Crippen LogP contribution < -0.4 is 4.74 Å². The van der Waals surface area contributed by atoms with Crippen molar-refractivity contribution < 1.29 is 34.1 Å². The standard InChI is InChI=1S/C29H44O7/c1-5-6-7-8-9-10-11-12-13-14-15-25(21-35-28(33)22(2)20-26(30)31)36-24-18-16-23(17-19-24)27(32)29(3,4)34/h16-20,25,34H,5-15,21H2,1-4H3,(H,30,31)/b22-20+. The topological polar surface area (TPSA) is 110 Å². The van der Waals surface area contributed by atoms with Gasteiger partial charge in [0.25, 0.3) is 0 Å². The van der Waals surface area contributed by atoms with Crippen molar-refractivity contribution in [3.8, 4) is 5.75 Å². The van der Waals surface area contributed by atoms with Gasteiger partial charge in [-0.25, -0.2) is 9.59 Å². The lowest BCUT2D eigenvalue weighted by atomic mass is 9.97. The van der Waals surface area contributed by atoms with Gasteiger partial charge >= 0.3 is 11.9 Å². The van der Waals surface area contributed by atoms with Crippen LogP contribution in [0.2, 0.25) is 0 Å². The first kappa shape index (κ1) is 31.4. The highest BCUT2D eigenvalue weighted by Crippen LogP contribution is 2.20. The van der Waals surface area contributed by atoms with Gasteiger partial charge in [0.15, 0.2) is 5.78 Å². The number of rotatable bonds is 19. The van der Waals surface area contributed by atoms with Crippen LogP contribution >= 0.6 is 0 Å². The first-order chi connectivity index (χ1) is 17.0. The van der Waals surface area contributed by atoms with Crippen LogP contribution in [0.5, 0.6) is 5.75 Å². The maximum atomic E-state index is 12.2. The van der Waals surface area contributed by atoms with Gasteiger partial charge in [0.1, 0.15) is 24.1 Å². The van der Waals surface area contributed by atoms with Gasteiger partial charge < -0.3 is 19.7 Å². The van der Waals surface area contributed by atoms with Crippen molar-refractivity contribution in [2.24, 2.45) is 0 Å². The molecule has 1 atom stereocenters. The summed E-state index contributed by atoms with van der Waals surface area (Å²) in [5.41, 5.74) is -1.08. The minimum absolute atomic E-state index is 0.00852. The van der Waals surface area contributed by atoms with Gasteiger partial charge in [0, 0.05) is 17.2 Å². The van der Waals surface area contributed by atoms with Crippen LogP contribution in [-0.4, -0.2) is 46.2 Å². The highest BCUT2D eigenvalue weighted by atomic mass is 16.6. The molecule has 0 spiro atoms. The molecule has 202 valence electrons. The summed E-state index contributed by atoms with van der Waals surface area (Å²) in [6.45, 7) is 6.49. The van der Waals surface area contributed by atoms with Crippen LogP contribution in [0.15, 0.2) is 35.9 Å². The smallest absolute Gasteiger partial charge is 0.334 e. The number of Topliss-reactive ketones (excluding diaryl/α,β-unsaturated/α-hetero) is 1. The van der Waals surface area contributed by atoms with E-state index < -0.39 is 23.6 Å². The lowest BCUT2D eigenvalue weighted by Crippen LogP contribution is -2.31. The fraction of sp³-hybridized carbons (Fsp3) is 0.621. The van der Waals surface area contributed by atoms with Crippen LogP contribution in [0, 0.1) is 0 Å². The molecule has 36 heavy (non-hydrogen) atoms. The molecule has 0 amide bonds. The van der Waals surface area contributed by atoms with Crippen LogP contribution in [-0.2, 0) is 14.3 Å². The van der Waals surface area contributed by atoms with Crippen molar-refractivity contribution in [1.82, 2.24) is 0 Å². The average Bonchev–Trinajstić information content (AvgIpc) is 2.82. The van der Waals surface area contributed by atoms with Gasteiger partial charge in [-0.15, -0.1) is 0 Å². The van der Waals surface area contributed by atoms with Crippen LogP contribution in [0.3, 0.4) is 0 Å². The molecule has 0 aliphatic heterocycles. The van der Waals surface area contributed by atoms with Gasteiger partial charge in [-0.05, 0) is 57.9 Å². The molecule has 7 nitrogen and oxygen atoms in total. The Morgan fingerprint density at radius 3 is 1.94 bits per heavy atom. The van der Waals surface area contributed by atoms with Crippen molar-refractivity contribution in [2.75, 3.05) is 6.61 Å². The Labute approximate surface area is 215 Å². The first-order valence-corrected chi connectivity index (χ1v) is 13.2. The van der Waals surface area contributed by atoms with Crippen LogP contribution in [0.25, 0.3) is 0 Å². The van der Waals surface area contributed by atoms with Crippen molar-refractivity contribution in [2.45, 2.75) is 110 Å². The summed E-state index contributed by atoms with van der Waals surface area (Å²) in [4.78, 5) is 35.2. The molecule has 1 aromatic rings. The van der Waals surface area contributed by atoms with E-state index in [-0.39, 0.29) is 18.0 Å². The van der Waals surface area contributed by atoms with Crippen molar-refractivity contribution in [3.63, 3.8) is 0 Å². The van der Waals surface area contributed by atoms with E-state index in [9.17, 15) is 19.5 Å². The Kier molecular flexibility index (Phi) is 14.7. The number of carbonyl (C=O) groups is 3. The number of benzene rings is 1. The zero-order valence-corrected chi connectivity index (χ0v) is 22.4. The van der Waals surface area contributed by atoms with Gasteiger partial charge in [-0.3, -0.25) is 4.79 Å². The van der Waals surface area contributed by atoms with E-state index >= 15 is 0 Å². The third-order valence-corrected chi connectivity index (χ3v) is 5.92. The Balaban J connectivity index is 2.62. The zero-order valence-electron chi connectivity index (χ0n) is 22.4. The number of hydrogen-bond donors (Lipinski definition) is 2. The molecule has 0 aliphatic carbocycles. The number of esters is 1. The number of hydrogen-bond acceptors (Lipinski definition) is 6. The van der Waals surface area contributed by atoms with Gasteiger partial charge in [-0.1, -0.05) is 64.7 Å². The fourth-order valence-corrected chi connectivity index (χ4v) is 3.79. The molecule has 0 saturated carbocycles. The Morgan fingerprint density at radius 1 is 0.917 bits per heavy atom. The fourth-order valence-electron chi connectivity index (χ4n) is 3.79. The molecule has 2 N–H and O–H groups in total. The molecule has 1 rings (SSSR count). The third kappa shape index (κ3) is 13.4. The second-order valence-corrected chi connectivity index (χ2v) is 9.89. The number of carbonyl (C=O) groups excluding carboxylic acids is 2. The molecule has 1 aromatic carbocycles. The molecule has 0 aliphatic rings. The lowest BCUT2D eigenvalue weighted by Gasteiger charge is -2.20. The van der Waals surface area contributed by atoms with Gasteiger partial charge in [0.05, 0.1) is 0 Å². The predicted octanol–water partition coefficient (Wildman–Crippen LogP) is 6.27. The summed E-state index contributed by atoms with van der Waals surface area (Å²) in [6.07, 6.45) is 13.2. The van der Waals surface area contributed by atoms with E-state index in [0.29, 0.717) is 17.7 Å². The molecule has 7 heteroatoms. The quantitative estimate of drug-likeness (QED) is 0.0988. The van der Waals surface area contributed by atoms with Crippen molar-refractivity contribution >= 4 is 17.7 Å². The Bertz CT molecular complexity index is 834. The Morgan fingerprint density at radius 2 is 1.44 bits per heavy atom. The monoisotopic (exact) mass is 504 g/mol. The molecule has 0 aromatic heterocycles. The van der Waals surface area contributed by atoms with E-state index in [1.165, 1.54) is 65.7 Å². The maximum absolute atomic E-state index is 12.2. The molecule has 0 heterocycles. The second kappa shape index (κ2) is 16.9. The normalized spacial score (nSPS) is 12.8. The number of ketones is 1. The second-order valence-electron chi connectivity index (χ2n) is 9.89. The lowest BCUT2D eigenvalue weighted by molar-refractivity contribution is -0.142. The molecule has 1 unspecified atom stereocenters. The van der Waals surface area contributed by atoms with Crippen LogP contribution in [0.4, 0.5) is 0 Å². The van der Waals surface area contributed by atoms with E-state index in [0.717, 1.165) is 25.3 Å². The molecule has 0 fully saturated rings. The highest BCUT2D eigenvalue weighted by molar-refractivity contribution is 6.01. The summed E-state index contributed by atoms with van der Waals surface area (Å²) >= 11 is 0. The zero-order chi connectivity index (χ0) is 27.0. The molecule has 0 saturated heterocycles. The van der Waals surface area contributed by atoms with Gasteiger partial charge in [0.2, 0.25) is 0 Å². The molecular weight excluding hydrogens is 460 g/mol. The van der Waals surface area contributed by atoms with Gasteiger partial charge in [-0.2, -0.15) is 0 Å². The highest BCUT2D eigenvalue weighted by Gasteiger charge is 2.25. The maximum Gasteiger partial charge on any atom is 0.334 e. The molecule has 0 bridgehead atoms. The van der Waals surface area contributed by atoms with Crippen molar-refractivity contribution in [3.05, 3.63) is 41.5 Å².